The number of aromatic amines is 1. The smallest absolute Gasteiger partial charge is 0.280 e. The average Bonchev–Trinajstić information content (AvgIpc) is 3.09. The van der Waals surface area contributed by atoms with Crippen LogP contribution < -0.4 is 5.32 Å². The Bertz CT molecular complexity index is 731. The molecule has 0 unspecified atom stereocenters. The van der Waals surface area contributed by atoms with Crippen molar-refractivity contribution in [2.75, 3.05) is 5.32 Å². The van der Waals surface area contributed by atoms with E-state index in [0.717, 1.165) is 5.69 Å². The van der Waals surface area contributed by atoms with Crippen LogP contribution in [0.4, 0.5) is 5.95 Å². The SMILES string of the molecule is Cc1nc(NC(=O)c2cn(-c3ccccc3)nn2)n[nH]1. The predicted octanol–water partition coefficient (Wildman–Crippen LogP) is 0.946. The summed E-state index contributed by atoms with van der Waals surface area (Å²) in [6.07, 6.45) is 1.55. The summed E-state index contributed by atoms with van der Waals surface area (Å²) >= 11 is 0. The molecular weight excluding hydrogens is 258 g/mol. The first-order valence-electron chi connectivity index (χ1n) is 5.90. The first kappa shape index (κ1) is 12.0. The molecule has 100 valence electrons. The van der Waals surface area contributed by atoms with Gasteiger partial charge in [-0.15, -0.1) is 10.2 Å². The van der Waals surface area contributed by atoms with E-state index in [4.69, 9.17) is 0 Å². The van der Waals surface area contributed by atoms with Gasteiger partial charge in [0.05, 0.1) is 11.9 Å². The van der Waals surface area contributed by atoms with Crippen molar-refractivity contribution >= 4 is 11.9 Å². The van der Waals surface area contributed by atoms with Gasteiger partial charge in [-0.3, -0.25) is 15.2 Å². The third-order valence-electron chi connectivity index (χ3n) is 2.57. The molecule has 0 aliphatic carbocycles. The standard InChI is InChI=1S/C12H11N7O/c1-8-13-12(17-15-8)14-11(20)10-7-19(18-16-10)9-5-3-2-4-6-9/h2-7H,1H3,(H2,13,14,15,17,20). The molecule has 1 amide bonds. The van der Waals surface area contributed by atoms with Crippen LogP contribution in [-0.2, 0) is 0 Å². The molecule has 0 aliphatic heterocycles. The van der Waals surface area contributed by atoms with E-state index in [1.807, 2.05) is 30.3 Å². The van der Waals surface area contributed by atoms with E-state index in [1.54, 1.807) is 13.1 Å². The number of hydrogen-bond acceptors (Lipinski definition) is 5. The third-order valence-corrected chi connectivity index (χ3v) is 2.57. The summed E-state index contributed by atoms with van der Waals surface area (Å²) in [5.41, 5.74) is 1.02. The number of amides is 1. The first-order valence-corrected chi connectivity index (χ1v) is 5.90. The molecule has 3 rings (SSSR count). The minimum absolute atomic E-state index is 0.191. The van der Waals surface area contributed by atoms with Gasteiger partial charge >= 0.3 is 0 Å². The van der Waals surface area contributed by atoms with E-state index in [2.05, 4.69) is 30.8 Å². The molecule has 3 aromatic rings. The Morgan fingerprint density at radius 3 is 2.80 bits per heavy atom. The van der Waals surface area contributed by atoms with Gasteiger partial charge in [0, 0.05) is 0 Å². The van der Waals surface area contributed by atoms with Gasteiger partial charge in [0.2, 0.25) is 5.95 Å². The van der Waals surface area contributed by atoms with Gasteiger partial charge in [-0.05, 0) is 19.1 Å². The second-order valence-corrected chi connectivity index (χ2v) is 4.08. The van der Waals surface area contributed by atoms with E-state index < -0.39 is 5.91 Å². The summed E-state index contributed by atoms with van der Waals surface area (Å²) in [6, 6.07) is 9.41. The molecule has 2 N–H and O–H groups in total. The van der Waals surface area contributed by atoms with E-state index >= 15 is 0 Å². The van der Waals surface area contributed by atoms with Gasteiger partial charge in [-0.1, -0.05) is 23.4 Å². The molecule has 0 spiro atoms. The Labute approximate surface area is 113 Å². The van der Waals surface area contributed by atoms with Gasteiger partial charge in [0.25, 0.3) is 5.91 Å². The maximum Gasteiger partial charge on any atom is 0.280 e. The van der Waals surface area contributed by atoms with Gasteiger partial charge in [0.1, 0.15) is 5.82 Å². The number of aromatic nitrogens is 6. The zero-order chi connectivity index (χ0) is 13.9. The zero-order valence-corrected chi connectivity index (χ0v) is 10.6. The van der Waals surface area contributed by atoms with Crippen LogP contribution in [0.2, 0.25) is 0 Å². The highest BCUT2D eigenvalue weighted by atomic mass is 16.2. The Morgan fingerprint density at radius 2 is 2.10 bits per heavy atom. The Hall–Kier alpha value is -3.03. The highest BCUT2D eigenvalue weighted by molar-refractivity contribution is 6.01. The van der Waals surface area contributed by atoms with Crippen LogP contribution in [-0.4, -0.2) is 36.1 Å². The van der Waals surface area contributed by atoms with Gasteiger partial charge in [-0.2, -0.15) is 4.98 Å². The Kier molecular flexibility index (Phi) is 2.96. The lowest BCUT2D eigenvalue weighted by Crippen LogP contribution is -2.13. The summed E-state index contributed by atoms with van der Waals surface area (Å²) in [7, 11) is 0. The molecule has 0 atom stereocenters. The first-order chi connectivity index (χ1) is 9.72. The molecule has 0 aliphatic rings. The lowest BCUT2D eigenvalue weighted by molar-refractivity contribution is 0.102. The van der Waals surface area contributed by atoms with E-state index in [-0.39, 0.29) is 11.6 Å². The number of anilines is 1. The van der Waals surface area contributed by atoms with Crippen LogP contribution in [0.25, 0.3) is 5.69 Å². The fourth-order valence-corrected chi connectivity index (χ4v) is 1.64. The number of carbonyl (C=O) groups excluding carboxylic acids is 1. The molecule has 0 saturated heterocycles. The highest BCUT2D eigenvalue weighted by Crippen LogP contribution is 2.07. The zero-order valence-electron chi connectivity index (χ0n) is 10.6. The third kappa shape index (κ3) is 2.39. The molecule has 0 radical (unpaired) electrons. The number of rotatable bonds is 3. The summed E-state index contributed by atoms with van der Waals surface area (Å²) in [4.78, 5) is 15.9. The van der Waals surface area contributed by atoms with E-state index in [0.29, 0.717) is 5.82 Å². The van der Waals surface area contributed by atoms with Crippen molar-refractivity contribution in [3.8, 4) is 5.69 Å². The van der Waals surface area contributed by atoms with Crippen molar-refractivity contribution in [3.63, 3.8) is 0 Å². The van der Waals surface area contributed by atoms with Crippen molar-refractivity contribution in [1.29, 1.82) is 0 Å². The van der Waals surface area contributed by atoms with Crippen molar-refractivity contribution < 1.29 is 4.79 Å². The molecule has 8 heteroatoms. The number of para-hydroxylation sites is 1. The largest absolute Gasteiger partial charge is 0.288 e. The maximum absolute atomic E-state index is 11.9. The van der Waals surface area contributed by atoms with Crippen LogP contribution in [0.15, 0.2) is 36.5 Å². The average molecular weight is 269 g/mol. The van der Waals surface area contributed by atoms with Crippen molar-refractivity contribution in [1.82, 2.24) is 30.2 Å². The Balaban J connectivity index is 1.78. The minimum atomic E-state index is -0.411. The summed E-state index contributed by atoms with van der Waals surface area (Å²) < 4.78 is 1.53. The molecule has 0 saturated carbocycles. The van der Waals surface area contributed by atoms with Crippen LogP contribution in [0, 0.1) is 6.92 Å². The summed E-state index contributed by atoms with van der Waals surface area (Å²) in [5.74, 6) is 0.418. The molecule has 0 bridgehead atoms. The second-order valence-electron chi connectivity index (χ2n) is 4.08. The van der Waals surface area contributed by atoms with E-state index in [1.165, 1.54) is 4.68 Å². The lowest BCUT2D eigenvalue weighted by Gasteiger charge is -1.97. The van der Waals surface area contributed by atoms with Gasteiger partial charge in [0.15, 0.2) is 5.69 Å². The van der Waals surface area contributed by atoms with Crippen LogP contribution >= 0.6 is 0 Å². The predicted molar refractivity (Wildman–Crippen MR) is 70.4 cm³/mol. The number of carbonyl (C=O) groups is 1. The summed E-state index contributed by atoms with van der Waals surface area (Å²) in [6.45, 7) is 1.74. The quantitative estimate of drug-likeness (QED) is 0.737. The minimum Gasteiger partial charge on any atom is -0.288 e. The lowest BCUT2D eigenvalue weighted by atomic mass is 10.3. The highest BCUT2D eigenvalue weighted by Gasteiger charge is 2.13. The molecular formula is C12H11N7O. The molecule has 1 aromatic carbocycles. The topological polar surface area (TPSA) is 101 Å². The number of nitrogens with zero attached hydrogens (tertiary/aromatic N) is 5. The van der Waals surface area contributed by atoms with Crippen LogP contribution in [0.1, 0.15) is 16.3 Å². The number of aryl methyl sites for hydroxylation is 1. The van der Waals surface area contributed by atoms with Crippen LogP contribution in [0.3, 0.4) is 0 Å². The summed E-state index contributed by atoms with van der Waals surface area (Å²) in [5, 5.41) is 16.7. The Morgan fingerprint density at radius 1 is 1.30 bits per heavy atom. The fraction of sp³-hybridized carbons (Fsp3) is 0.0833. The van der Waals surface area contributed by atoms with E-state index in [9.17, 15) is 4.79 Å². The molecule has 20 heavy (non-hydrogen) atoms. The van der Waals surface area contributed by atoms with Crippen molar-refractivity contribution in [2.24, 2.45) is 0 Å². The van der Waals surface area contributed by atoms with Gasteiger partial charge < -0.3 is 0 Å². The molecule has 2 heterocycles. The fourth-order valence-electron chi connectivity index (χ4n) is 1.64. The van der Waals surface area contributed by atoms with Crippen molar-refractivity contribution in [2.45, 2.75) is 6.92 Å². The molecule has 0 fully saturated rings. The second kappa shape index (κ2) is 4.92. The van der Waals surface area contributed by atoms with Crippen LogP contribution in [0.5, 0.6) is 0 Å². The number of hydrogen-bond donors (Lipinski definition) is 2. The molecule has 2 aromatic heterocycles. The number of benzene rings is 1. The van der Waals surface area contributed by atoms with Crippen molar-refractivity contribution in [3.05, 3.63) is 48.0 Å². The number of nitrogens with one attached hydrogen (secondary N) is 2. The number of H-pyrrole nitrogens is 1. The maximum atomic E-state index is 11.9. The molecule has 8 nitrogen and oxygen atoms in total. The normalized spacial score (nSPS) is 10.4. The monoisotopic (exact) mass is 269 g/mol. The van der Waals surface area contributed by atoms with Gasteiger partial charge in [-0.25, -0.2) is 4.68 Å².